The molecule has 2 aromatic carbocycles. The van der Waals surface area contributed by atoms with Gasteiger partial charge in [-0.3, -0.25) is 4.79 Å². The second-order valence-electron chi connectivity index (χ2n) is 7.26. The van der Waals surface area contributed by atoms with E-state index in [1.807, 2.05) is 43.7 Å². The van der Waals surface area contributed by atoms with Crippen LogP contribution in [0.3, 0.4) is 0 Å². The highest BCUT2D eigenvalue weighted by Gasteiger charge is 2.09. The number of nitrogens with zero attached hydrogens (tertiary/aromatic N) is 2. The van der Waals surface area contributed by atoms with Crippen molar-refractivity contribution < 1.29 is 9.53 Å². The van der Waals surface area contributed by atoms with Crippen LogP contribution in [0.4, 0.5) is 5.69 Å². The van der Waals surface area contributed by atoms with Crippen molar-refractivity contribution in [2.75, 3.05) is 32.6 Å². The Labute approximate surface area is 176 Å². The molecule has 0 aliphatic rings. The van der Waals surface area contributed by atoms with E-state index in [9.17, 15) is 4.79 Å². The molecule has 0 saturated carbocycles. The first-order valence-corrected chi connectivity index (χ1v) is 10.6. The lowest BCUT2D eigenvalue weighted by molar-refractivity contribution is -0.115. The van der Waals surface area contributed by atoms with E-state index in [1.165, 1.54) is 5.56 Å². The van der Waals surface area contributed by atoms with E-state index < -0.39 is 0 Å². The van der Waals surface area contributed by atoms with Crippen molar-refractivity contribution >= 4 is 22.9 Å². The van der Waals surface area contributed by atoms with Crippen LogP contribution in [-0.4, -0.2) is 43.0 Å². The molecular weight excluding hydrogens is 382 g/mol. The van der Waals surface area contributed by atoms with E-state index in [0.717, 1.165) is 40.7 Å². The molecule has 3 aromatic rings. The van der Waals surface area contributed by atoms with Crippen LogP contribution in [0, 0.1) is 6.92 Å². The minimum absolute atomic E-state index is 0.0783. The number of rotatable bonds is 9. The Kier molecular flexibility index (Phi) is 7.38. The molecule has 0 saturated heterocycles. The lowest BCUT2D eigenvalue weighted by Crippen LogP contribution is -2.15. The zero-order chi connectivity index (χ0) is 20.6. The number of aromatic nitrogens is 1. The van der Waals surface area contributed by atoms with Crippen molar-refractivity contribution in [3.63, 3.8) is 0 Å². The average molecular weight is 410 g/mol. The molecule has 1 amide bonds. The van der Waals surface area contributed by atoms with Gasteiger partial charge in [-0.15, -0.1) is 11.3 Å². The summed E-state index contributed by atoms with van der Waals surface area (Å²) in [5, 5.41) is 5.80. The Morgan fingerprint density at radius 2 is 1.83 bits per heavy atom. The van der Waals surface area contributed by atoms with Gasteiger partial charge in [0.1, 0.15) is 10.8 Å². The van der Waals surface area contributed by atoms with Crippen LogP contribution < -0.4 is 10.1 Å². The van der Waals surface area contributed by atoms with Gasteiger partial charge in [-0.25, -0.2) is 4.98 Å². The van der Waals surface area contributed by atoms with Gasteiger partial charge in [-0.2, -0.15) is 0 Å². The molecule has 3 rings (SSSR count). The zero-order valence-corrected chi connectivity index (χ0v) is 18.0. The van der Waals surface area contributed by atoms with E-state index in [0.29, 0.717) is 6.61 Å². The monoisotopic (exact) mass is 409 g/mol. The summed E-state index contributed by atoms with van der Waals surface area (Å²) in [5.41, 5.74) is 3.83. The van der Waals surface area contributed by atoms with Gasteiger partial charge < -0.3 is 15.0 Å². The number of thiazole rings is 1. The van der Waals surface area contributed by atoms with Crippen LogP contribution in [0.1, 0.15) is 17.7 Å². The van der Waals surface area contributed by atoms with Crippen LogP contribution in [-0.2, 0) is 11.2 Å². The highest BCUT2D eigenvalue weighted by molar-refractivity contribution is 7.13. The SMILES string of the molecule is Cc1ccc(-c2nc(CC(=O)Nc3ccc(OCCCN(C)C)cc3)cs2)cc1. The number of aryl methyl sites for hydroxylation is 1. The molecule has 1 heterocycles. The molecule has 5 nitrogen and oxygen atoms in total. The highest BCUT2D eigenvalue weighted by Crippen LogP contribution is 2.24. The fourth-order valence-electron chi connectivity index (χ4n) is 2.79. The summed E-state index contributed by atoms with van der Waals surface area (Å²) in [4.78, 5) is 19.1. The van der Waals surface area contributed by atoms with Gasteiger partial charge in [0, 0.05) is 23.2 Å². The van der Waals surface area contributed by atoms with E-state index >= 15 is 0 Å². The predicted molar refractivity (Wildman–Crippen MR) is 120 cm³/mol. The number of nitrogens with one attached hydrogen (secondary N) is 1. The molecule has 0 aliphatic carbocycles. The number of hydrogen-bond acceptors (Lipinski definition) is 5. The topological polar surface area (TPSA) is 54.5 Å². The second kappa shape index (κ2) is 10.2. The molecule has 0 fully saturated rings. The van der Waals surface area contributed by atoms with Crippen LogP contribution in [0.2, 0.25) is 0 Å². The first-order valence-electron chi connectivity index (χ1n) is 9.68. The lowest BCUT2D eigenvalue weighted by atomic mass is 10.2. The van der Waals surface area contributed by atoms with Crippen molar-refractivity contribution in [3.8, 4) is 16.3 Å². The summed E-state index contributed by atoms with van der Waals surface area (Å²) in [5.74, 6) is 0.731. The van der Waals surface area contributed by atoms with E-state index in [2.05, 4.69) is 46.4 Å². The molecular formula is C23H27N3O2S. The number of benzene rings is 2. The van der Waals surface area contributed by atoms with Gasteiger partial charge in [-0.1, -0.05) is 29.8 Å². The number of hydrogen-bond donors (Lipinski definition) is 1. The summed E-state index contributed by atoms with van der Waals surface area (Å²) in [7, 11) is 4.10. The Morgan fingerprint density at radius 1 is 1.10 bits per heavy atom. The number of ether oxygens (including phenoxy) is 1. The maximum atomic E-state index is 12.3. The average Bonchev–Trinajstić information content (AvgIpc) is 3.15. The Morgan fingerprint density at radius 3 is 2.52 bits per heavy atom. The zero-order valence-electron chi connectivity index (χ0n) is 17.1. The Bertz CT molecular complexity index is 918. The van der Waals surface area contributed by atoms with Gasteiger partial charge in [0.15, 0.2) is 0 Å². The van der Waals surface area contributed by atoms with E-state index in [1.54, 1.807) is 11.3 Å². The third kappa shape index (κ3) is 6.69. The molecule has 152 valence electrons. The fourth-order valence-corrected chi connectivity index (χ4v) is 3.62. The van der Waals surface area contributed by atoms with Crippen LogP contribution in [0.25, 0.3) is 10.6 Å². The van der Waals surface area contributed by atoms with Crippen molar-refractivity contribution in [2.45, 2.75) is 19.8 Å². The minimum atomic E-state index is -0.0783. The van der Waals surface area contributed by atoms with E-state index in [-0.39, 0.29) is 12.3 Å². The van der Waals surface area contributed by atoms with Crippen LogP contribution in [0.5, 0.6) is 5.75 Å². The van der Waals surface area contributed by atoms with Gasteiger partial charge in [0.25, 0.3) is 0 Å². The molecule has 0 atom stereocenters. The van der Waals surface area contributed by atoms with Crippen molar-refractivity contribution in [1.82, 2.24) is 9.88 Å². The quantitative estimate of drug-likeness (QED) is 0.524. The van der Waals surface area contributed by atoms with Gasteiger partial charge in [0.2, 0.25) is 5.91 Å². The molecule has 0 spiro atoms. The first kappa shape index (κ1) is 21.0. The lowest BCUT2D eigenvalue weighted by Gasteiger charge is -2.11. The summed E-state index contributed by atoms with van der Waals surface area (Å²) in [6.45, 7) is 3.73. The molecule has 6 heteroatoms. The molecule has 1 aromatic heterocycles. The minimum Gasteiger partial charge on any atom is -0.494 e. The largest absolute Gasteiger partial charge is 0.494 e. The summed E-state index contributed by atoms with van der Waals surface area (Å²) in [6.07, 6.45) is 1.23. The summed E-state index contributed by atoms with van der Waals surface area (Å²) < 4.78 is 5.72. The molecule has 0 radical (unpaired) electrons. The fraction of sp³-hybridized carbons (Fsp3) is 0.304. The molecule has 1 N–H and O–H groups in total. The number of carbonyl (C=O) groups excluding carboxylic acids is 1. The molecule has 0 bridgehead atoms. The molecule has 0 unspecified atom stereocenters. The summed E-state index contributed by atoms with van der Waals surface area (Å²) >= 11 is 1.56. The van der Waals surface area contributed by atoms with Crippen molar-refractivity contribution in [2.24, 2.45) is 0 Å². The number of amides is 1. The standard InChI is InChI=1S/C23H27N3O2S/c1-17-5-7-18(8-6-17)23-25-20(16-29-23)15-22(27)24-19-9-11-21(12-10-19)28-14-4-13-26(2)3/h5-12,16H,4,13-15H2,1-3H3,(H,24,27). The Hall–Kier alpha value is -2.70. The van der Waals surface area contributed by atoms with Crippen molar-refractivity contribution in [1.29, 1.82) is 0 Å². The van der Waals surface area contributed by atoms with Gasteiger partial charge in [-0.05, 0) is 51.7 Å². The summed E-state index contributed by atoms with van der Waals surface area (Å²) in [6, 6.07) is 15.7. The van der Waals surface area contributed by atoms with E-state index in [4.69, 9.17) is 4.74 Å². The maximum absolute atomic E-state index is 12.3. The van der Waals surface area contributed by atoms with Crippen LogP contribution >= 0.6 is 11.3 Å². The van der Waals surface area contributed by atoms with Crippen LogP contribution in [0.15, 0.2) is 53.9 Å². The smallest absolute Gasteiger partial charge is 0.230 e. The molecule has 0 aliphatic heterocycles. The Balaban J connectivity index is 1.48. The number of carbonyl (C=O) groups is 1. The van der Waals surface area contributed by atoms with Gasteiger partial charge in [0.05, 0.1) is 18.7 Å². The second-order valence-corrected chi connectivity index (χ2v) is 8.12. The van der Waals surface area contributed by atoms with Gasteiger partial charge >= 0.3 is 0 Å². The predicted octanol–water partition coefficient (Wildman–Crippen LogP) is 4.63. The molecule has 29 heavy (non-hydrogen) atoms. The maximum Gasteiger partial charge on any atom is 0.230 e. The first-order chi connectivity index (χ1) is 14.0. The number of anilines is 1. The normalized spacial score (nSPS) is 10.9. The highest BCUT2D eigenvalue weighted by atomic mass is 32.1. The van der Waals surface area contributed by atoms with Crippen molar-refractivity contribution in [3.05, 3.63) is 65.2 Å². The third-order valence-electron chi connectivity index (χ3n) is 4.35. The third-order valence-corrected chi connectivity index (χ3v) is 5.29.